The molecule has 0 saturated carbocycles. The van der Waals surface area contributed by atoms with Gasteiger partial charge in [-0.05, 0) is 38.0 Å². The molecule has 1 aliphatic rings. The maximum atomic E-state index is 6.31. The molecule has 1 aromatic rings. The van der Waals surface area contributed by atoms with Gasteiger partial charge in [-0.15, -0.1) is 0 Å². The van der Waals surface area contributed by atoms with E-state index in [1.54, 1.807) is 0 Å². The lowest BCUT2D eigenvalue weighted by atomic mass is 9.93. The summed E-state index contributed by atoms with van der Waals surface area (Å²) in [6, 6.07) is 5.96. The van der Waals surface area contributed by atoms with Crippen LogP contribution in [0, 0.1) is 5.92 Å². The van der Waals surface area contributed by atoms with Crippen LogP contribution >= 0.6 is 0 Å². The van der Waals surface area contributed by atoms with Crippen molar-refractivity contribution in [2.24, 2.45) is 11.7 Å². The summed E-state index contributed by atoms with van der Waals surface area (Å²) in [5, 5.41) is 0. The summed E-state index contributed by atoms with van der Waals surface area (Å²) in [7, 11) is 0. The summed E-state index contributed by atoms with van der Waals surface area (Å²) in [6.45, 7) is 6.73. The zero-order valence-electron chi connectivity index (χ0n) is 11.7. The molecular weight excluding hydrogens is 242 g/mol. The summed E-state index contributed by atoms with van der Waals surface area (Å²) >= 11 is 0. The van der Waals surface area contributed by atoms with Crippen LogP contribution in [0.15, 0.2) is 18.2 Å². The minimum absolute atomic E-state index is 0.00242. The molecule has 106 valence electrons. The maximum absolute atomic E-state index is 6.31. The van der Waals surface area contributed by atoms with Crippen molar-refractivity contribution in [1.29, 1.82) is 0 Å². The van der Waals surface area contributed by atoms with Crippen LogP contribution in [0.2, 0.25) is 0 Å². The molecule has 0 radical (unpaired) electrons. The van der Waals surface area contributed by atoms with Gasteiger partial charge in [0, 0.05) is 18.6 Å². The van der Waals surface area contributed by atoms with E-state index in [0.29, 0.717) is 19.1 Å². The quantitative estimate of drug-likeness (QED) is 0.858. The molecule has 0 aliphatic carbocycles. The Labute approximate surface area is 114 Å². The predicted octanol–water partition coefficient (Wildman–Crippen LogP) is 2.52. The van der Waals surface area contributed by atoms with Crippen molar-refractivity contribution < 1.29 is 14.2 Å². The first-order chi connectivity index (χ1) is 9.26. The Morgan fingerprint density at radius 1 is 1.26 bits per heavy atom. The van der Waals surface area contributed by atoms with E-state index in [9.17, 15) is 0 Å². The summed E-state index contributed by atoms with van der Waals surface area (Å²) in [5.41, 5.74) is 7.40. The number of rotatable bonds is 6. The van der Waals surface area contributed by atoms with Crippen LogP contribution in [0.25, 0.3) is 0 Å². The smallest absolute Gasteiger partial charge is 0.161 e. The van der Waals surface area contributed by atoms with Crippen molar-refractivity contribution in [2.45, 2.75) is 26.3 Å². The molecule has 0 aromatic heterocycles. The second kappa shape index (κ2) is 6.78. The van der Waals surface area contributed by atoms with E-state index in [4.69, 9.17) is 19.9 Å². The summed E-state index contributed by atoms with van der Waals surface area (Å²) < 4.78 is 16.6. The third kappa shape index (κ3) is 3.39. The van der Waals surface area contributed by atoms with Gasteiger partial charge in [0.25, 0.3) is 0 Å². The highest BCUT2D eigenvalue weighted by Gasteiger charge is 2.24. The van der Waals surface area contributed by atoms with E-state index in [-0.39, 0.29) is 6.04 Å². The average Bonchev–Trinajstić information content (AvgIpc) is 2.94. The molecule has 1 saturated heterocycles. The van der Waals surface area contributed by atoms with Crippen LogP contribution in [-0.4, -0.2) is 26.4 Å². The van der Waals surface area contributed by atoms with Gasteiger partial charge in [-0.3, -0.25) is 0 Å². The normalized spacial score (nSPS) is 20.3. The van der Waals surface area contributed by atoms with Gasteiger partial charge in [-0.2, -0.15) is 0 Å². The summed E-state index contributed by atoms with van der Waals surface area (Å²) in [5.74, 6) is 1.95. The molecule has 1 fully saturated rings. The maximum Gasteiger partial charge on any atom is 0.161 e. The molecule has 0 bridgehead atoms. The van der Waals surface area contributed by atoms with Crippen molar-refractivity contribution in [3.05, 3.63) is 23.8 Å². The van der Waals surface area contributed by atoms with Gasteiger partial charge >= 0.3 is 0 Å². The Bertz CT molecular complexity index is 402. The Morgan fingerprint density at radius 2 is 2.00 bits per heavy atom. The van der Waals surface area contributed by atoms with E-state index in [1.807, 2.05) is 32.0 Å². The standard InChI is InChI=1S/C15H23NO3/c1-3-18-13-6-5-11(9-14(13)19-4-2)15(16)12-7-8-17-10-12/h5-6,9,12,15H,3-4,7-8,10,16H2,1-2H3. The zero-order valence-corrected chi connectivity index (χ0v) is 11.7. The van der Waals surface area contributed by atoms with Gasteiger partial charge in [-0.1, -0.05) is 6.07 Å². The molecule has 1 aliphatic heterocycles. The number of hydrogen-bond acceptors (Lipinski definition) is 4. The van der Waals surface area contributed by atoms with E-state index in [0.717, 1.165) is 36.7 Å². The second-order valence-electron chi connectivity index (χ2n) is 4.72. The van der Waals surface area contributed by atoms with E-state index < -0.39 is 0 Å². The van der Waals surface area contributed by atoms with Crippen molar-refractivity contribution >= 4 is 0 Å². The molecular formula is C15H23NO3. The minimum Gasteiger partial charge on any atom is -0.490 e. The van der Waals surface area contributed by atoms with Gasteiger partial charge < -0.3 is 19.9 Å². The average molecular weight is 265 g/mol. The van der Waals surface area contributed by atoms with Crippen LogP contribution in [0.4, 0.5) is 0 Å². The highest BCUT2D eigenvalue weighted by atomic mass is 16.5. The van der Waals surface area contributed by atoms with Gasteiger partial charge in [0.1, 0.15) is 0 Å². The molecule has 4 nitrogen and oxygen atoms in total. The summed E-state index contributed by atoms with van der Waals surface area (Å²) in [6.07, 6.45) is 1.03. The monoisotopic (exact) mass is 265 g/mol. The molecule has 1 aromatic carbocycles. The fraction of sp³-hybridized carbons (Fsp3) is 0.600. The fourth-order valence-corrected chi connectivity index (χ4v) is 2.38. The zero-order chi connectivity index (χ0) is 13.7. The Balaban J connectivity index is 2.18. The van der Waals surface area contributed by atoms with Gasteiger partial charge in [0.15, 0.2) is 11.5 Å². The molecule has 2 atom stereocenters. The second-order valence-corrected chi connectivity index (χ2v) is 4.72. The molecule has 0 spiro atoms. The molecule has 2 N–H and O–H groups in total. The molecule has 4 heteroatoms. The molecule has 0 amide bonds. The van der Waals surface area contributed by atoms with Gasteiger partial charge in [-0.25, -0.2) is 0 Å². The number of nitrogens with two attached hydrogens (primary N) is 1. The Kier molecular flexibility index (Phi) is 5.05. The van der Waals surface area contributed by atoms with Crippen molar-refractivity contribution in [2.75, 3.05) is 26.4 Å². The fourth-order valence-electron chi connectivity index (χ4n) is 2.38. The van der Waals surface area contributed by atoms with Crippen LogP contribution in [0.3, 0.4) is 0 Å². The van der Waals surface area contributed by atoms with E-state index >= 15 is 0 Å². The summed E-state index contributed by atoms with van der Waals surface area (Å²) in [4.78, 5) is 0. The third-order valence-electron chi connectivity index (χ3n) is 3.43. The minimum atomic E-state index is -0.00242. The Hall–Kier alpha value is -1.26. The van der Waals surface area contributed by atoms with Crippen LogP contribution in [0.5, 0.6) is 11.5 Å². The lowest BCUT2D eigenvalue weighted by Crippen LogP contribution is -2.21. The largest absolute Gasteiger partial charge is 0.490 e. The van der Waals surface area contributed by atoms with E-state index in [2.05, 4.69) is 0 Å². The van der Waals surface area contributed by atoms with Crippen molar-refractivity contribution in [3.63, 3.8) is 0 Å². The molecule has 2 unspecified atom stereocenters. The SMILES string of the molecule is CCOc1ccc(C(N)C2CCOC2)cc1OCC. The number of benzene rings is 1. The van der Waals surface area contributed by atoms with Gasteiger partial charge in [0.05, 0.1) is 19.8 Å². The topological polar surface area (TPSA) is 53.7 Å². The molecule has 1 heterocycles. The van der Waals surface area contributed by atoms with Crippen LogP contribution < -0.4 is 15.2 Å². The Morgan fingerprint density at radius 3 is 2.63 bits per heavy atom. The van der Waals surface area contributed by atoms with Crippen LogP contribution in [-0.2, 0) is 4.74 Å². The molecule has 19 heavy (non-hydrogen) atoms. The lowest BCUT2D eigenvalue weighted by Gasteiger charge is -2.20. The highest BCUT2D eigenvalue weighted by molar-refractivity contribution is 5.44. The first kappa shape index (κ1) is 14.2. The predicted molar refractivity (Wildman–Crippen MR) is 74.6 cm³/mol. The number of hydrogen-bond donors (Lipinski definition) is 1. The van der Waals surface area contributed by atoms with Gasteiger partial charge in [0.2, 0.25) is 0 Å². The van der Waals surface area contributed by atoms with Crippen molar-refractivity contribution in [1.82, 2.24) is 0 Å². The first-order valence-electron chi connectivity index (χ1n) is 6.99. The van der Waals surface area contributed by atoms with Crippen molar-refractivity contribution in [3.8, 4) is 11.5 Å². The number of ether oxygens (including phenoxy) is 3. The lowest BCUT2D eigenvalue weighted by molar-refractivity contribution is 0.181. The third-order valence-corrected chi connectivity index (χ3v) is 3.43. The van der Waals surface area contributed by atoms with E-state index in [1.165, 1.54) is 0 Å². The highest BCUT2D eigenvalue weighted by Crippen LogP contribution is 2.33. The first-order valence-corrected chi connectivity index (χ1v) is 6.99. The van der Waals surface area contributed by atoms with Crippen LogP contribution in [0.1, 0.15) is 31.9 Å². The molecule has 2 rings (SSSR count).